The zero-order chi connectivity index (χ0) is 13.6. The molecule has 0 radical (unpaired) electrons. The zero-order valence-electron chi connectivity index (χ0n) is 11.1. The van der Waals surface area contributed by atoms with E-state index in [0.29, 0.717) is 5.56 Å². The molecule has 0 atom stereocenters. The van der Waals surface area contributed by atoms with E-state index in [-0.39, 0.29) is 5.78 Å². The van der Waals surface area contributed by atoms with Gasteiger partial charge in [0, 0.05) is 17.4 Å². The number of hydrogen-bond acceptors (Lipinski definition) is 4. The van der Waals surface area contributed by atoms with Crippen molar-refractivity contribution in [2.24, 2.45) is 0 Å². The average molecular weight is 254 g/mol. The van der Waals surface area contributed by atoms with Crippen molar-refractivity contribution in [3.8, 4) is 0 Å². The number of aryl methyl sites for hydroxylation is 2. The van der Waals surface area contributed by atoms with Crippen LogP contribution in [0.5, 0.6) is 0 Å². The summed E-state index contributed by atoms with van der Waals surface area (Å²) < 4.78 is 1.88. The molecule has 0 N–H and O–H groups in total. The first-order valence-corrected chi connectivity index (χ1v) is 6.25. The van der Waals surface area contributed by atoms with Crippen molar-refractivity contribution < 1.29 is 4.79 Å². The first kappa shape index (κ1) is 11.8. The lowest BCUT2D eigenvalue weighted by atomic mass is 10.0. The van der Waals surface area contributed by atoms with Crippen molar-refractivity contribution in [1.29, 1.82) is 0 Å². The molecule has 96 valence electrons. The van der Waals surface area contributed by atoms with Gasteiger partial charge in [-0.2, -0.15) is 0 Å². The van der Waals surface area contributed by atoms with Crippen LogP contribution in [0.3, 0.4) is 0 Å². The van der Waals surface area contributed by atoms with Gasteiger partial charge in [-0.15, -0.1) is 10.2 Å². The molecule has 0 saturated heterocycles. The average Bonchev–Trinajstić information content (AvgIpc) is 2.86. The third-order valence-electron chi connectivity index (χ3n) is 3.26. The maximum atomic E-state index is 11.8. The number of aromatic nitrogens is 4. The highest BCUT2D eigenvalue weighted by atomic mass is 16.1. The first-order chi connectivity index (χ1) is 9.11. The summed E-state index contributed by atoms with van der Waals surface area (Å²) in [7, 11) is 0. The normalized spacial score (nSPS) is 11.3. The van der Waals surface area contributed by atoms with E-state index in [2.05, 4.69) is 15.2 Å². The van der Waals surface area contributed by atoms with E-state index in [1.165, 1.54) is 0 Å². The number of ketones is 1. The molecule has 5 nitrogen and oxygen atoms in total. The number of carbonyl (C=O) groups excluding carboxylic acids is 1. The Labute approximate surface area is 110 Å². The fourth-order valence-corrected chi connectivity index (χ4v) is 2.38. The predicted molar refractivity (Wildman–Crippen MR) is 72.4 cm³/mol. The number of nitrogens with zero attached hydrogens (tertiary/aromatic N) is 4. The lowest BCUT2D eigenvalue weighted by molar-refractivity contribution is 0.101. The summed E-state index contributed by atoms with van der Waals surface area (Å²) in [5, 5.41) is 8.99. The molecule has 2 aromatic heterocycles. The van der Waals surface area contributed by atoms with Gasteiger partial charge >= 0.3 is 0 Å². The molecule has 0 fully saturated rings. The van der Waals surface area contributed by atoms with Gasteiger partial charge in [0.15, 0.2) is 11.4 Å². The van der Waals surface area contributed by atoms with Gasteiger partial charge < -0.3 is 0 Å². The van der Waals surface area contributed by atoms with Crippen molar-refractivity contribution >= 4 is 22.3 Å². The number of rotatable bonds is 2. The molecule has 1 aromatic carbocycles. The van der Waals surface area contributed by atoms with Gasteiger partial charge in [0.2, 0.25) is 0 Å². The van der Waals surface area contributed by atoms with E-state index in [4.69, 9.17) is 0 Å². The van der Waals surface area contributed by atoms with Gasteiger partial charge in [-0.25, -0.2) is 4.98 Å². The Kier molecular flexibility index (Phi) is 2.55. The minimum absolute atomic E-state index is 0.0205. The van der Waals surface area contributed by atoms with Crippen molar-refractivity contribution in [1.82, 2.24) is 19.6 Å². The first-order valence-electron chi connectivity index (χ1n) is 6.25. The van der Waals surface area contributed by atoms with Crippen LogP contribution in [0.2, 0.25) is 0 Å². The Bertz CT molecular complexity index is 804. The molecule has 0 unspecified atom stereocenters. The van der Waals surface area contributed by atoms with Crippen LogP contribution in [-0.2, 0) is 6.42 Å². The van der Waals surface area contributed by atoms with E-state index >= 15 is 0 Å². The summed E-state index contributed by atoms with van der Waals surface area (Å²) in [6.07, 6.45) is 2.42. The van der Waals surface area contributed by atoms with Crippen LogP contribution in [0.15, 0.2) is 18.5 Å². The molecule has 3 rings (SSSR count). The lowest BCUT2D eigenvalue weighted by Gasteiger charge is -2.09. The highest BCUT2D eigenvalue weighted by Crippen LogP contribution is 2.24. The highest BCUT2D eigenvalue weighted by Gasteiger charge is 2.14. The molecule has 19 heavy (non-hydrogen) atoms. The van der Waals surface area contributed by atoms with Crippen LogP contribution in [0, 0.1) is 6.92 Å². The molecule has 0 aliphatic heterocycles. The largest absolute Gasteiger partial charge is 0.294 e. The standard InChI is InChI=1S/C14H14N4O/c1-4-12-16-13-10(9(3)19)5-8(2)6-11(13)14-17-15-7-18(12)14/h5-7H,4H2,1-3H3. The maximum Gasteiger partial charge on any atom is 0.171 e. The summed E-state index contributed by atoms with van der Waals surface area (Å²) >= 11 is 0. The number of Topliss-reactive ketones (excluding diaryl/α,β-unsaturated/α-hetero) is 1. The molecule has 3 aromatic rings. The minimum Gasteiger partial charge on any atom is -0.294 e. The predicted octanol–water partition coefficient (Wildman–Crippen LogP) is 2.35. The molecular formula is C14H14N4O. The second-order valence-corrected chi connectivity index (χ2v) is 4.67. The van der Waals surface area contributed by atoms with Crippen LogP contribution in [0.4, 0.5) is 0 Å². The Morgan fingerprint density at radius 1 is 1.37 bits per heavy atom. The summed E-state index contributed by atoms with van der Waals surface area (Å²) in [4.78, 5) is 16.4. The van der Waals surface area contributed by atoms with Gasteiger partial charge in [-0.1, -0.05) is 6.92 Å². The van der Waals surface area contributed by atoms with Crippen LogP contribution < -0.4 is 0 Å². The Morgan fingerprint density at radius 2 is 2.16 bits per heavy atom. The molecule has 5 heteroatoms. The van der Waals surface area contributed by atoms with E-state index in [9.17, 15) is 4.79 Å². The van der Waals surface area contributed by atoms with Crippen LogP contribution >= 0.6 is 0 Å². The SMILES string of the molecule is CCc1nc2c(C(C)=O)cc(C)cc2c2nncn12. The maximum absolute atomic E-state index is 11.8. The van der Waals surface area contributed by atoms with Gasteiger partial charge in [0.25, 0.3) is 0 Å². The van der Waals surface area contributed by atoms with Gasteiger partial charge in [0.1, 0.15) is 12.2 Å². The van der Waals surface area contributed by atoms with Crippen LogP contribution in [0.1, 0.15) is 35.6 Å². The fraction of sp³-hybridized carbons (Fsp3) is 0.286. The lowest BCUT2D eigenvalue weighted by Crippen LogP contribution is -2.04. The smallest absolute Gasteiger partial charge is 0.171 e. The molecule has 0 aliphatic carbocycles. The number of benzene rings is 1. The van der Waals surface area contributed by atoms with Crippen molar-refractivity contribution in [3.63, 3.8) is 0 Å². The summed E-state index contributed by atoms with van der Waals surface area (Å²) in [6.45, 7) is 5.55. The van der Waals surface area contributed by atoms with E-state index in [0.717, 1.165) is 34.4 Å². The Hall–Kier alpha value is -2.30. The molecule has 0 bridgehead atoms. The second-order valence-electron chi connectivity index (χ2n) is 4.67. The second kappa shape index (κ2) is 4.12. The van der Waals surface area contributed by atoms with Gasteiger partial charge in [-0.3, -0.25) is 9.20 Å². The molecule has 0 amide bonds. The van der Waals surface area contributed by atoms with Crippen LogP contribution in [-0.4, -0.2) is 25.4 Å². The van der Waals surface area contributed by atoms with E-state index in [1.807, 2.05) is 30.4 Å². The topological polar surface area (TPSA) is 60.2 Å². The minimum atomic E-state index is 0.0205. The summed E-state index contributed by atoms with van der Waals surface area (Å²) in [6, 6.07) is 3.88. The number of hydrogen-bond donors (Lipinski definition) is 0. The van der Waals surface area contributed by atoms with E-state index in [1.54, 1.807) is 13.3 Å². The molecular weight excluding hydrogens is 240 g/mol. The van der Waals surface area contributed by atoms with E-state index < -0.39 is 0 Å². The number of fused-ring (bicyclic) bond motifs is 3. The molecule has 0 spiro atoms. The monoisotopic (exact) mass is 254 g/mol. The van der Waals surface area contributed by atoms with Gasteiger partial charge in [0.05, 0.1) is 5.52 Å². The van der Waals surface area contributed by atoms with Crippen molar-refractivity contribution in [2.45, 2.75) is 27.2 Å². The summed E-state index contributed by atoms with van der Waals surface area (Å²) in [5.41, 5.74) is 3.15. The van der Waals surface area contributed by atoms with Crippen molar-refractivity contribution in [2.75, 3.05) is 0 Å². The molecule has 0 saturated carbocycles. The third-order valence-corrected chi connectivity index (χ3v) is 3.26. The third kappa shape index (κ3) is 1.69. The van der Waals surface area contributed by atoms with Gasteiger partial charge in [-0.05, 0) is 31.5 Å². The van der Waals surface area contributed by atoms with Crippen molar-refractivity contribution in [3.05, 3.63) is 35.4 Å². The Balaban J connectivity index is 2.56. The highest BCUT2D eigenvalue weighted by molar-refractivity contribution is 6.08. The van der Waals surface area contributed by atoms with Crippen LogP contribution in [0.25, 0.3) is 16.6 Å². The summed E-state index contributed by atoms with van der Waals surface area (Å²) in [5.74, 6) is 0.881. The molecule has 2 heterocycles. The number of carbonyl (C=O) groups is 1. The molecule has 0 aliphatic rings. The fourth-order valence-electron chi connectivity index (χ4n) is 2.38. The Morgan fingerprint density at radius 3 is 2.84 bits per heavy atom. The zero-order valence-corrected chi connectivity index (χ0v) is 11.1. The quantitative estimate of drug-likeness (QED) is 0.659.